The van der Waals surface area contributed by atoms with Gasteiger partial charge in [-0.25, -0.2) is 0 Å². The minimum absolute atomic E-state index is 0.0179. The monoisotopic (exact) mass is 355 g/mol. The van der Waals surface area contributed by atoms with E-state index in [0.717, 1.165) is 4.57 Å². The fourth-order valence-corrected chi connectivity index (χ4v) is 2.91. The third kappa shape index (κ3) is 2.83. The highest BCUT2D eigenvalue weighted by Gasteiger charge is 2.25. The first kappa shape index (κ1) is 16.9. The third-order valence-corrected chi connectivity index (χ3v) is 4.25. The van der Waals surface area contributed by atoms with Crippen LogP contribution in [0.25, 0.3) is 10.9 Å². The standard InChI is InChI=1S/C19H14ClNO4/c1-10(22)13-5-8-16-15(9-13)17(19(25)21(16)11(2)23)18(24)12-3-6-14(20)7-4-12/h3-9,25H,1-2H3. The second kappa shape index (κ2) is 6.18. The summed E-state index contributed by atoms with van der Waals surface area (Å²) in [6.07, 6.45) is 0. The Hall–Kier alpha value is -2.92. The van der Waals surface area contributed by atoms with E-state index in [9.17, 15) is 19.5 Å². The Balaban J connectivity index is 2.32. The molecule has 0 radical (unpaired) electrons. The number of carbonyl (C=O) groups excluding carboxylic acids is 3. The summed E-state index contributed by atoms with van der Waals surface area (Å²) < 4.78 is 1.06. The zero-order chi connectivity index (χ0) is 18.3. The Morgan fingerprint density at radius 3 is 2.12 bits per heavy atom. The van der Waals surface area contributed by atoms with Gasteiger partial charge in [-0.3, -0.25) is 19.0 Å². The number of benzene rings is 2. The summed E-state index contributed by atoms with van der Waals surface area (Å²) in [7, 11) is 0. The molecule has 5 nitrogen and oxygen atoms in total. The minimum atomic E-state index is -0.458. The molecule has 0 saturated carbocycles. The van der Waals surface area contributed by atoms with Crippen molar-refractivity contribution < 1.29 is 19.5 Å². The fourth-order valence-electron chi connectivity index (χ4n) is 2.78. The van der Waals surface area contributed by atoms with Crippen LogP contribution in [0, 0.1) is 0 Å². The van der Waals surface area contributed by atoms with Gasteiger partial charge < -0.3 is 5.11 Å². The van der Waals surface area contributed by atoms with E-state index in [1.165, 1.54) is 32.0 Å². The molecule has 2 aromatic carbocycles. The van der Waals surface area contributed by atoms with Crippen molar-refractivity contribution in [1.82, 2.24) is 4.57 Å². The van der Waals surface area contributed by atoms with E-state index in [2.05, 4.69) is 0 Å². The van der Waals surface area contributed by atoms with Gasteiger partial charge in [0, 0.05) is 28.5 Å². The molecule has 0 aliphatic rings. The number of aromatic hydroxyl groups is 1. The molecule has 6 heteroatoms. The molecule has 0 atom stereocenters. The normalized spacial score (nSPS) is 10.8. The number of fused-ring (bicyclic) bond motifs is 1. The third-order valence-electron chi connectivity index (χ3n) is 4.00. The van der Waals surface area contributed by atoms with Crippen LogP contribution in [0.1, 0.15) is 44.9 Å². The van der Waals surface area contributed by atoms with Gasteiger partial charge in [-0.05, 0) is 49.4 Å². The zero-order valence-electron chi connectivity index (χ0n) is 13.5. The Morgan fingerprint density at radius 1 is 0.960 bits per heavy atom. The van der Waals surface area contributed by atoms with Crippen molar-refractivity contribution in [2.75, 3.05) is 0 Å². The number of halogens is 1. The summed E-state index contributed by atoms with van der Waals surface area (Å²) in [6, 6.07) is 10.8. The number of aromatic nitrogens is 1. The lowest BCUT2D eigenvalue weighted by Crippen LogP contribution is -2.06. The van der Waals surface area contributed by atoms with Gasteiger partial charge in [-0.1, -0.05) is 11.6 Å². The summed E-state index contributed by atoms with van der Waals surface area (Å²) in [5.74, 6) is -1.52. The van der Waals surface area contributed by atoms with E-state index in [1.54, 1.807) is 24.3 Å². The molecule has 0 spiro atoms. The highest BCUT2D eigenvalue weighted by molar-refractivity contribution is 6.30. The van der Waals surface area contributed by atoms with E-state index < -0.39 is 17.6 Å². The number of nitrogens with zero attached hydrogens (tertiary/aromatic N) is 1. The van der Waals surface area contributed by atoms with Crippen molar-refractivity contribution in [3.05, 3.63) is 64.2 Å². The SMILES string of the molecule is CC(=O)c1ccc2c(c1)c(C(=O)c1ccc(Cl)cc1)c(O)n2C(C)=O. The largest absolute Gasteiger partial charge is 0.494 e. The molecular weight excluding hydrogens is 342 g/mol. The van der Waals surface area contributed by atoms with Crippen molar-refractivity contribution in [1.29, 1.82) is 0 Å². The molecule has 0 saturated heterocycles. The van der Waals surface area contributed by atoms with Crippen LogP contribution in [-0.4, -0.2) is 27.1 Å². The van der Waals surface area contributed by atoms with Gasteiger partial charge in [0.2, 0.25) is 11.8 Å². The number of carbonyl (C=O) groups is 3. The maximum atomic E-state index is 12.9. The molecule has 0 amide bonds. The lowest BCUT2D eigenvalue weighted by Gasteiger charge is -2.02. The summed E-state index contributed by atoms with van der Waals surface area (Å²) in [4.78, 5) is 36.5. The molecule has 0 bridgehead atoms. The number of hydrogen-bond acceptors (Lipinski definition) is 4. The lowest BCUT2D eigenvalue weighted by molar-refractivity contribution is 0.0932. The smallest absolute Gasteiger partial charge is 0.230 e. The molecule has 3 aromatic rings. The maximum Gasteiger partial charge on any atom is 0.230 e. The fraction of sp³-hybridized carbons (Fsp3) is 0.105. The number of ketones is 2. The Bertz CT molecular complexity index is 1030. The van der Waals surface area contributed by atoms with E-state index in [0.29, 0.717) is 27.1 Å². The van der Waals surface area contributed by atoms with Crippen LogP contribution in [0.3, 0.4) is 0 Å². The maximum absolute atomic E-state index is 12.9. The van der Waals surface area contributed by atoms with Gasteiger partial charge in [0.15, 0.2) is 11.6 Å². The van der Waals surface area contributed by atoms with Crippen molar-refractivity contribution in [2.24, 2.45) is 0 Å². The molecule has 1 heterocycles. The Morgan fingerprint density at radius 2 is 1.56 bits per heavy atom. The highest BCUT2D eigenvalue weighted by Crippen LogP contribution is 2.34. The average Bonchev–Trinajstić information content (AvgIpc) is 2.85. The second-order valence-corrected chi connectivity index (χ2v) is 6.11. The van der Waals surface area contributed by atoms with Crippen LogP contribution >= 0.6 is 11.6 Å². The first-order valence-corrected chi connectivity index (χ1v) is 7.88. The number of hydrogen-bond donors (Lipinski definition) is 1. The second-order valence-electron chi connectivity index (χ2n) is 5.68. The van der Waals surface area contributed by atoms with Gasteiger partial charge in [-0.2, -0.15) is 0 Å². The predicted molar refractivity (Wildman–Crippen MR) is 94.8 cm³/mol. The van der Waals surface area contributed by atoms with Crippen molar-refractivity contribution in [2.45, 2.75) is 13.8 Å². The quantitative estimate of drug-likeness (QED) is 0.718. The first-order valence-electron chi connectivity index (χ1n) is 7.51. The van der Waals surface area contributed by atoms with E-state index in [4.69, 9.17) is 11.6 Å². The molecule has 1 aromatic heterocycles. The summed E-state index contributed by atoms with van der Waals surface area (Å²) in [6.45, 7) is 2.69. The van der Waals surface area contributed by atoms with Crippen molar-refractivity contribution >= 4 is 40.0 Å². The van der Waals surface area contributed by atoms with Crippen molar-refractivity contribution in [3.8, 4) is 5.88 Å². The van der Waals surface area contributed by atoms with Crippen LogP contribution in [0.2, 0.25) is 5.02 Å². The van der Waals surface area contributed by atoms with Gasteiger partial charge in [-0.15, -0.1) is 0 Å². The predicted octanol–water partition coefficient (Wildman–Crippen LogP) is 4.09. The van der Waals surface area contributed by atoms with Crippen LogP contribution < -0.4 is 0 Å². The average molecular weight is 356 g/mol. The molecule has 0 unspecified atom stereocenters. The molecule has 0 fully saturated rings. The summed E-state index contributed by atoms with van der Waals surface area (Å²) in [5, 5.41) is 11.3. The molecule has 126 valence electrons. The first-order chi connectivity index (χ1) is 11.8. The summed E-state index contributed by atoms with van der Waals surface area (Å²) >= 11 is 5.84. The zero-order valence-corrected chi connectivity index (χ0v) is 14.3. The topological polar surface area (TPSA) is 76.4 Å². The number of Topliss-reactive ketones (excluding diaryl/α,β-unsaturated/α-hetero) is 1. The van der Waals surface area contributed by atoms with Crippen LogP contribution in [0.4, 0.5) is 0 Å². The molecule has 0 aliphatic carbocycles. The highest BCUT2D eigenvalue weighted by atomic mass is 35.5. The van der Waals surface area contributed by atoms with Gasteiger partial charge in [0.05, 0.1) is 11.1 Å². The van der Waals surface area contributed by atoms with E-state index in [-0.39, 0.29) is 11.3 Å². The van der Waals surface area contributed by atoms with Crippen LogP contribution in [-0.2, 0) is 0 Å². The van der Waals surface area contributed by atoms with Gasteiger partial charge >= 0.3 is 0 Å². The molecule has 0 aliphatic heterocycles. The lowest BCUT2D eigenvalue weighted by atomic mass is 10.0. The van der Waals surface area contributed by atoms with Crippen LogP contribution in [0.15, 0.2) is 42.5 Å². The van der Waals surface area contributed by atoms with Gasteiger partial charge in [0.25, 0.3) is 0 Å². The molecular formula is C19H14ClNO4. The Kier molecular flexibility index (Phi) is 4.18. The van der Waals surface area contributed by atoms with Crippen LogP contribution in [0.5, 0.6) is 5.88 Å². The van der Waals surface area contributed by atoms with Gasteiger partial charge in [0.1, 0.15) is 0 Å². The van der Waals surface area contributed by atoms with Crippen molar-refractivity contribution in [3.63, 3.8) is 0 Å². The molecule has 1 N–H and O–H groups in total. The number of rotatable bonds is 3. The minimum Gasteiger partial charge on any atom is -0.494 e. The molecule has 25 heavy (non-hydrogen) atoms. The Labute approximate surface area is 148 Å². The van der Waals surface area contributed by atoms with E-state index in [1.807, 2.05) is 0 Å². The van der Waals surface area contributed by atoms with E-state index >= 15 is 0 Å². The molecule has 3 rings (SSSR count). The summed E-state index contributed by atoms with van der Waals surface area (Å²) in [5.41, 5.74) is 1.05.